The molecule has 1 aliphatic rings. The van der Waals surface area contributed by atoms with Crippen molar-refractivity contribution in [2.24, 2.45) is 0 Å². The topological polar surface area (TPSA) is 114 Å². The fourth-order valence-electron chi connectivity index (χ4n) is 2.39. The van der Waals surface area contributed by atoms with Crippen LogP contribution >= 0.6 is 11.6 Å². The van der Waals surface area contributed by atoms with Crippen molar-refractivity contribution in [1.82, 2.24) is 19.5 Å². The van der Waals surface area contributed by atoms with Crippen LogP contribution in [0.25, 0.3) is 11.2 Å². The fourth-order valence-corrected chi connectivity index (χ4v) is 2.56. The molecule has 1 aliphatic heterocycles. The van der Waals surface area contributed by atoms with Gasteiger partial charge in [-0.15, -0.1) is 0 Å². The molecule has 9 heteroatoms. The zero-order chi connectivity index (χ0) is 14.5. The highest BCUT2D eigenvalue weighted by molar-refractivity contribution is 6.33. The minimum atomic E-state index is -1.60. The molecule has 2 aromatic rings. The summed E-state index contributed by atoms with van der Waals surface area (Å²) in [5.41, 5.74) is -0.852. The van der Waals surface area contributed by atoms with Crippen LogP contribution in [0.5, 0.6) is 0 Å². The van der Waals surface area contributed by atoms with E-state index >= 15 is 0 Å². The maximum atomic E-state index is 10.4. The van der Waals surface area contributed by atoms with E-state index in [2.05, 4.69) is 15.0 Å². The summed E-state index contributed by atoms with van der Waals surface area (Å²) in [7, 11) is 0. The molecule has 1 fully saturated rings. The second-order valence-electron chi connectivity index (χ2n) is 4.87. The van der Waals surface area contributed by atoms with Gasteiger partial charge in [-0.25, -0.2) is 15.0 Å². The summed E-state index contributed by atoms with van der Waals surface area (Å²) in [6.07, 6.45) is -0.383. The summed E-state index contributed by atoms with van der Waals surface area (Å²) < 4.78 is 6.96. The second-order valence-corrected chi connectivity index (χ2v) is 5.23. The third-order valence-corrected chi connectivity index (χ3v) is 3.78. The molecular weight excluding hydrogens is 288 g/mol. The van der Waals surface area contributed by atoms with Gasteiger partial charge in [0.2, 0.25) is 0 Å². The molecule has 2 aromatic heterocycles. The molecule has 8 nitrogen and oxygen atoms in total. The van der Waals surface area contributed by atoms with Gasteiger partial charge in [0, 0.05) is 0 Å². The Morgan fingerprint density at radius 2 is 2.20 bits per heavy atom. The van der Waals surface area contributed by atoms with E-state index in [1.165, 1.54) is 24.1 Å². The molecule has 2 unspecified atom stereocenters. The third-order valence-electron chi connectivity index (χ3n) is 3.50. The average Bonchev–Trinajstić information content (AvgIpc) is 2.92. The molecule has 0 aliphatic carbocycles. The lowest BCUT2D eigenvalue weighted by atomic mass is 9.96. The summed E-state index contributed by atoms with van der Waals surface area (Å²) in [5, 5.41) is 29.8. The van der Waals surface area contributed by atoms with E-state index < -0.39 is 30.6 Å². The number of hydrogen-bond donors (Lipinski definition) is 3. The van der Waals surface area contributed by atoms with Gasteiger partial charge in [-0.1, -0.05) is 11.6 Å². The lowest BCUT2D eigenvalue weighted by Gasteiger charge is -2.27. The Kier molecular flexibility index (Phi) is 3.14. The Morgan fingerprint density at radius 3 is 2.85 bits per heavy atom. The molecule has 1 saturated heterocycles. The number of imidazole rings is 1. The number of rotatable bonds is 2. The van der Waals surface area contributed by atoms with Crippen LogP contribution in [-0.4, -0.2) is 59.3 Å². The van der Waals surface area contributed by atoms with E-state index in [4.69, 9.17) is 16.3 Å². The molecule has 108 valence electrons. The van der Waals surface area contributed by atoms with E-state index in [1.54, 1.807) is 0 Å². The Bertz CT molecular complexity index is 646. The standard InChI is InChI=1S/C11H13ClN4O4/c1-11(19)7(18)5(2-17)20-10(11)16-4-15-6-8(12)13-3-14-9(6)16/h3-5,7,10,17-19H,2H2,1H3/t5-,7?,10?,11+/m1/s1. The zero-order valence-electron chi connectivity index (χ0n) is 10.5. The van der Waals surface area contributed by atoms with Crippen molar-refractivity contribution in [3.63, 3.8) is 0 Å². The molecule has 4 atom stereocenters. The van der Waals surface area contributed by atoms with E-state index in [0.717, 1.165) is 0 Å². The average molecular weight is 301 g/mol. The first-order chi connectivity index (χ1) is 9.46. The van der Waals surface area contributed by atoms with E-state index in [-0.39, 0.29) is 5.15 Å². The first kappa shape index (κ1) is 13.7. The Labute approximate surface area is 118 Å². The van der Waals surface area contributed by atoms with Crippen LogP contribution in [0.2, 0.25) is 5.15 Å². The molecule has 0 aromatic carbocycles. The molecule has 0 radical (unpaired) electrons. The Balaban J connectivity index is 2.10. The number of aliphatic hydroxyl groups is 3. The fraction of sp³-hybridized carbons (Fsp3) is 0.545. The van der Waals surface area contributed by atoms with Crippen molar-refractivity contribution >= 4 is 22.8 Å². The number of aliphatic hydroxyl groups excluding tert-OH is 2. The van der Waals surface area contributed by atoms with Crippen LogP contribution in [0.1, 0.15) is 13.2 Å². The van der Waals surface area contributed by atoms with E-state index in [0.29, 0.717) is 11.2 Å². The Morgan fingerprint density at radius 1 is 1.45 bits per heavy atom. The molecule has 0 amide bonds. The van der Waals surface area contributed by atoms with Gasteiger partial charge in [-0.05, 0) is 6.92 Å². The minimum Gasteiger partial charge on any atom is -0.394 e. The smallest absolute Gasteiger partial charge is 0.168 e. The molecule has 3 N–H and O–H groups in total. The van der Waals surface area contributed by atoms with Crippen LogP contribution in [0, 0.1) is 0 Å². The maximum Gasteiger partial charge on any atom is 0.168 e. The number of aromatic nitrogens is 4. The van der Waals surface area contributed by atoms with Gasteiger partial charge in [0.15, 0.2) is 17.0 Å². The molecule has 0 bridgehead atoms. The van der Waals surface area contributed by atoms with Crippen molar-refractivity contribution in [3.05, 3.63) is 17.8 Å². The van der Waals surface area contributed by atoms with Gasteiger partial charge in [-0.3, -0.25) is 4.57 Å². The van der Waals surface area contributed by atoms with Crippen LogP contribution in [0.4, 0.5) is 0 Å². The maximum absolute atomic E-state index is 10.4. The highest BCUT2D eigenvalue weighted by Crippen LogP contribution is 2.39. The number of fused-ring (bicyclic) bond motifs is 1. The Hall–Kier alpha value is -1.32. The molecule has 20 heavy (non-hydrogen) atoms. The van der Waals surface area contributed by atoms with Gasteiger partial charge in [0.25, 0.3) is 0 Å². The predicted octanol–water partition coefficient (Wildman–Crippen LogP) is -0.519. The van der Waals surface area contributed by atoms with Gasteiger partial charge in [0.1, 0.15) is 29.7 Å². The van der Waals surface area contributed by atoms with Crippen molar-refractivity contribution in [3.8, 4) is 0 Å². The van der Waals surface area contributed by atoms with Gasteiger partial charge in [-0.2, -0.15) is 0 Å². The molecule has 3 rings (SSSR count). The highest BCUT2D eigenvalue weighted by Gasteiger charge is 2.53. The van der Waals surface area contributed by atoms with Gasteiger partial charge < -0.3 is 20.1 Å². The van der Waals surface area contributed by atoms with Crippen LogP contribution in [0.15, 0.2) is 12.7 Å². The predicted molar refractivity (Wildman–Crippen MR) is 68.0 cm³/mol. The van der Waals surface area contributed by atoms with Crippen molar-refractivity contribution in [2.75, 3.05) is 6.61 Å². The summed E-state index contributed by atoms with van der Waals surface area (Å²) in [4.78, 5) is 11.9. The molecular formula is C11H13ClN4O4. The van der Waals surface area contributed by atoms with Gasteiger partial charge in [0.05, 0.1) is 12.9 Å². The first-order valence-electron chi connectivity index (χ1n) is 5.96. The second kappa shape index (κ2) is 4.61. The van der Waals surface area contributed by atoms with Crippen LogP contribution in [-0.2, 0) is 4.74 Å². The summed E-state index contributed by atoms with van der Waals surface area (Å²) in [5.74, 6) is 0. The summed E-state index contributed by atoms with van der Waals surface area (Å²) >= 11 is 5.91. The number of nitrogens with zero attached hydrogens (tertiary/aromatic N) is 4. The van der Waals surface area contributed by atoms with Crippen molar-refractivity contribution < 1.29 is 20.1 Å². The SMILES string of the molecule is C[C@]1(O)C(O)[C@@H](CO)OC1n1cnc2c(Cl)ncnc21. The van der Waals surface area contributed by atoms with Gasteiger partial charge >= 0.3 is 0 Å². The van der Waals surface area contributed by atoms with E-state index in [9.17, 15) is 15.3 Å². The lowest BCUT2D eigenvalue weighted by molar-refractivity contribution is -0.0950. The van der Waals surface area contributed by atoms with Crippen molar-refractivity contribution in [2.45, 2.75) is 31.0 Å². The summed E-state index contributed by atoms with van der Waals surface area (Å²) in [6.45, 7) is 1.02. The molecule has 0 spiro atoms. The third kappa shape index (κ3) is 1.80. The minimum absolute atomic E-state index is 0.186. The van der Waals surface area contributed by atoms with Crippen molar-refractivity contribution in [1.29, 1.82) is 0 Å². The largest absolute Gasteiger partial charge is 0.394 e. The first-order valence-corrected chi connectivity index (χ1v) is 6.34. The zero-order valence-corrected chi connectivity index (χ0v) is 11.3. The number of halogens is 1. The molecule has 0 saturated carbocycles. The van der Waals surface area contributed by atoms with E-state index in [1.807, 2.05) is 0 Å². The normalized spacial score (nSPS) is 34.0. The summed E-state index contributed by atoms with van der Waals surface area (Å²) in [6, 6.07) is 0. The monoisotopic (exact) mass is 300 g/mol. The highest BCUT2D eigenvalue weighted by atomic mass is 35.5. The lowest BCUT2D eigenvalue weighted by Crippen LogP contribution is -2.44. The quantitative estimate of drug-likeness (QED) is 0.640. The number of hydrogen-bond acceptors (Lipinski definition) is 7. The van der Waals surface area contributed by atoms with Crippen LogP contribution < -0.4 is 0 Å². The van der Waals surface area contributed by atoms with Crippen LogP contribution in [0.3, 0.4) is 0 Å². The number of ether oxygens (including phenoxy) is 1. The molecule has 3 heterocycles.